The average molecular weight is 364 g/mol. The van der Waals surface area contributed by atoms with Crippen molar-refractivity contribution in [3.05, 3.63) is 16.0 Å². The first-order valence-electron chi connectivity index (χ1n) is 8.97. The number of nitrogens with two attached hydrogens (primary N) is 1. The summed E-state index contributed by atoms with van der Waals surface area (Å²) in [6, 6.07) is 0. The molecule has 4 N–H and O–H groups in total. The molecule has 2 atom stereocenters. The maximum atomic E-state index is 12.7. The second-order valence-corrected chi connectivity index (χ2v) is 8.06. The minimum absolute atomic E-state index is 0.300. The first-order chi connectivity index (χ1) is 12.0. The second kappa shape index (κ2) is 7.56. The average Bonchev–Trinajstić information content (AvgIpc) is 2.76. The summed E-state index contributed by atoms with van der Waals surface area (Å²) >= 11 is 1.43. The Kier molecular flexibility index (Phi) is 5.42. The number of aliphatic carboxylic acids is 1. The van der Waals surface area contributed by atoms with E-state index in [0.717, 1.165) is 55.4 Å². The predicted octanol–water partition coefficient (Wildman–Crippen LogP) is 2.95. The molecule has 0 bridgehead atoms. The van der Waals surface area contributed by atoms with Gasteiger partial charge in [0, 0.05) is 4.88 Å². The van der Waals surface area contributed by atoms with E-state index in [1.165, 1.54) is 11.3 Å². The molecule has 3 rings (SSSR count). The Bertz CT molecular complexity index is 697. The molecule has 0 spiro atoms. The van der Waals surface area contributed by atoms with Gasteiger partial charge in [0.2, 0.25) is 5.91 Å². The van der Waals surface area contributed by atoms with Gasteiger partial charge in [-0.15, -0.1) is 11.3 Å². The first-order valence-corrected chi connectivity index (χ1v) is 9.78. The summed E-state index contributed by atoms with van der Waals surface area (Å²) in [5.41, 5.74) is 6.99. The van der Waals surface area contributed by atoms with Crippen LogP contribution in [0.5, 0.6) is 0 Å². The fraction of sp³-hybridized carbons (Fsp3) is 0.611. The molecule has 2 aliphatic carbocycles. The molecule has 2 amide bonds. The molecule has 1 fully saturated rings. The van der Waals surface area contributed by atoms with Crippen LogP contribution in [-0.2, 0) is 22.4 Å². The minimum atomic E-state index is -0.920. The quantitative estimate of drug-likeness (QED) is 0.714. The Morgan fingerprint density at radius 3 is 2.36 bits per heavy atom. The summed E-state index contributed by atoms with van der Waals surface area (Å²) in [5.74, 6) is -2.94. The summed E-state index contributed by atoms with van der Waals surface area (Å²) in [6.07, 6.45) is 7.70. The molecular formula is C18H24N2O4S. The fourth-order valence-electron chi connectivity index (χ4n) is 4.04. The molecule has 6 nitrogen and oxygen atoms in total. The van der Waals surface area contributed by atoms with Gasteiger partial charge in [-0.3, -0.25) is 14.4 Å². The van der Waals surface area contributed by atoms with Gasteiger partial charge >= 0.3 is 5.97 Å². The molecule has 1 aromatic rings. The molecule has 136 valence electrons. The largest absolute Gasteiger partial charge is 0.481 e. The lowest BCUT2D eigenvalue weighted by Crippen LogP contribution is -2.36. The zero-order valence-electron chi connectivity index (χ0n) is 14.2. The maximum Gasteiger partial charge on any atom is 0.307 e. The molecule has 0 saturated heterocycles. The van der Waals surface area contributed by atoms with Gasteiger partial charge < -0.3 is 16.2 Å². The number of carbonyl (C=O) groups is 3. The van der Waals surface area contributed by atoms with E-state index in [9.17, 15) is 19.5 Å². The summed E-state index contributed by atoms with van der Waals surface area (Å²) in [5, 5.41) is 12.7. The fourth-order valence-corrected chi connectivity index (χ4v) is 5.33. The number of carboxylic acid groups (broad SMARTS) is 1. The van der Waals surface area contributed by atoms with Crippen molar-refractivity contribution >= 4 is 34.1 Å². The molecular weight excluding hydrogens is 340 g/mol. The van der Waals surface area contributed by atoms with Gasteiger partial charge in [0.15, 0.2) is 0 Å². The van der Waals surface area contributed by atoms with Crippen LogP contribution < -0.4 is 11.1 Å². The van der Waals surface area contributed by atoms with Crippen molar-refractivity contribution in [2.75, 3.05) is 5.32 Å². The molecule has 1 saturated carbocycles. The third-order valence-electron chi connectivity index (χ3n) is 5.32. The molecule has 0 radical (unpaired) electrons. The highest BCUT2D eigenvalue weighted by Gasteiger charge is 2.36. The van der Waals surface area contributed by atoms with Gasteiger partial charge in [-0.25, -0.2) is 0 Å². The van der Waals surface area contributed by atoms with E-state index < -0.39 is 23.7 Å². The van der Waals surface area contributed by atoms with Crippen LogP contribution in [0.4, 0.5) is 5.00 Å². The number of carbonyl (C=O) groups excluding carboxylic acids is 2. The SMILES string of the molecule is NC(=O)c1c(NC(=O)[C@@H]2CCCC[C@H]2C(=O)O)sc2c1CCCCC2. The van der Waals surface area contributed by atoms with Crippen LogP contribution in [-0.4, -0.2) is 22.9 Å². The highest BCUT2D eigenvalue weighted by molar-refractivity contribution is 7.17. The molecule has 0 unspecified atom stereocenters. The van der Waals surface area contributed by atoms with Gasteiger partial charge in [-0.2, -0.15) is 0 Å². The van der Waals surface area contributed by atoms with E-state index in [1.54, 1.807) is 0 Å². The number of primary amides is 1. The summed E-state index contributed by atoms with van der Waals surface area (Å²) in [6.45, 7) is 0. The van der Waals surface area contributed by atoms with E-state index in [0.29, 0.717) is 23.4 Å². The Morgan fingerprint density at radius 2 is 1.68 bits per heavy atom. The predicted molar refractivity (Wildman–Crippen MR) is 95.8 cm³/mol. The normalized spacial score (nSPS) is 23.4. The number of rotatable bonds is 4. The van der Waals surface area contributed by atoms with Crippen LogP contribution in [0, 0.1) is 11.8 Å². The number of anilines is 1. The zero-order valence-corrected chi connectivity index (χ0v) is 15.0. The topological polar surface area (TPSA) is 109 Å². The van der Waals surface area contributed by atoms with Crippen molar-refractivity contribution in [3.63, 3.8) is 0 Å². The number of amides is 2. The smallest absolute Gasteiger partial charge is 0.307 e. The lowest BCUT2D eigenvalue weighted by atomic mass is 9.79. The van der Waals surface area contributed by atoms with Crippen molar-refractivity contribution in [1.82, 2.24) is 0 Å². The van der Waals surface area contributed by atoms with E-state index in [1.807, 2.05) is 0 Å². The summed E-state index contributed by atoms with van der Waals surface area (Å²) in [4.78, 5) is 37.3. The Labute approximate surface area is 150 Å². The number of thiophene rings is 1. The first kappa shape index (κ1) is 17.9. The number of aryl methyl sites for hydroxylation is 1. The van der Waals surface area contributed by atoms with Crippen LogP contribution in [0.1, 0.15) is 65.7 Å². The van der Waals surface area contributed by atoms with E-state index in [2.05, 4.69) is 5.32 Å². The number of carboxylic acids is 1. The van der Waals surface area contributed by atoms with Crippen molar-refractivity contribution < 1.29 is 19.5 Å². The van der Waals surface area contributed by atoms with Gasteiger partial charge in [-0.1, -0.05) is 19.3 Å². The summed E-state index contributed by atoms with van der Waals surface area (Å²) in [7, 11) is 0. The van der Waals surface area contributed by atoms with Crippen molar-refractivity contribution in [3.8, 4) is 0 Å². The van der Waals surface area contributed by atoms with Crippen LogP contribution in [0.25, 0.3) is 0 Å². The van der Waals surface area contributed by atoms with Crippen LogP contribution >= 0.6 is 11.3 Å². The number of hydrogen-bond acceptors (Lipinski definition) is 4. The Morgan fingerprint density at radius 1 is 1.00 bits per heavy atom. The van der Waals surface area contributed by atoms with E-state index in [4.69, 9.17) is 5.73 Å². The third kappa shape index (κ3) is 3.71. The number of nitrogens with one attached hydrogen (secondary N) is 1. The molecule has 0 aliphatic heterocycles. The van der Waals surface area contributed by atoms with Gasteiger partial charge in [0.05, 0.1) is 17.4 Å². The lowest BCUT2D eigenvalue weighted by Gasteiger charge is -2.27. The third-order valence-corrected chi connectivity index (χ3v) is 6.53. The van der Waals surface area contributed by atoms with Crippen molar-refractivity contribution in [2.24, 2.45) is 17.6 Å². The highest BCUT2D eigenvalue weighted by Crippen LogP contribution is 2.38. The maximum absolute atomic E-state index is 12.7. The molecule has 1 heterocycles. The molecule has 2 aliphatic rings. The Balaban J connectivity index is 1.85. The molecule has 0 aromatic carbocycles. The standard InChI is InChI=1S/C18H24N2O4S/c19-15(21)14-12-8-2-1-3-9-13(12)25-17(14)20-16(22)10-6-4-5-7-11(10)18(23)24/h10-11H,1-9H2,(H2,19,21)(H,20,22)(H,23,24)/t10-,11-/m1/s1. The Hall–Kier alpha value is -1.89. The molecule has 25 heavy (non-hydrogen) atoms. The monoisotopic (exact) mass is 364 g/mol. The zero-order chi connectivity index (χ0) is 18.0. The van der Waals surface area contributed by atoms with Crippen LogP contribution in [0.3, 0.4) is 0 Å². The second-order valence-electron chi connectivity index (χ2n) is 6.96. The van der Waals surface area contributed by atoms with Crippen molar-refractivity contribution in [2.45, 2.75) is 57.8 Å². The molecule has 7 heteroatoms. The van der Waals surface area contributed by atoms with Crippen molar-refractivity contribution in [1.29, 1.82) is 0 Å². The molecule has 1 aromatic heterocycles. The highest BCUT2D eigenvalue weighted by atomic mass is 32.1. The van der Waals surface area contributed by atoms with Gasteiger partial charge in [0.1, 0.15) is 5.00 Å². The van der Waals surface area contributed by atoms with E-state index in [-0.39, 0.29) is 5.91 Å². The van der Waals surface area contributed by atoms with E-state index >= 15 is 0 Å². The van der Waals surface area contributed by atoms with Crippen LogP contribution in [0.15, 0.2) is 0 Å². The summed E-state index contributed by atoms with van der Waals surface area (Å²) < 4.78 is 0. The number of fused-ring (bicyclic) bond motifs is 1. The lowest BCUT2D eigenvalue weighted by molar-refractivity contribution is -0.147. The van der Waals surface area contributed by atoms with Gasteiger partial charge in [-0.05, 0) is 44.1 Å². The van der Waals surface area contributed by atoms with Gasteiger partial charge in [0.25, 0.3) is 5.91 Å². The van der Waals surface area contributed by atoms with Crippen LogP contribution in [0.2, 0.25) is 0 Å². The minimum Gasteiger partial charge on any atom is -0.481 e. The number of hydrogen-bond donors (Lipinski definition) is 3.